The Bertz CT molecular complexity index is 692. The van der Waals surface area contributed by atoms with Crippen molar-refractivity contribution < 1.29 is 18.7 Å². The van der Waals surface area contributed by atoms with Gasteiger partial charge in [-0.1, -0.05) is 24.3 Å². The Morgan fingerprint density at radius 2 is 1.83 bits per heavy atom. The number of nitrogens with one attached hydrogen (secondary N) is 2. The van der Waals surface area contributed by atoms with Crippen molar-refractivity contribution in [2.24, 2.45) is 0 Å². The van der Waals surface area contributed by atoms with Crippen molar-refractivity contribution in [3.8, 4) is 11.5 Å². The molecular weight excluding hydrogens is 311 g/mol. The van der Waals surface area contributed by atoms with Gasteiger partial charge in [-0.15, -0.1) is 0 Å². The van der Waals surface area contributed by atoms with Crippen LogP contribution in [0.25, 0.3) is 0 Å². The lowest BCUT2D eigenvalue weighted by Crippen LogP contribution is -2.34. The van der Waals surface area contributed by atoms with E-state index >= 15 is 0 Å². The molecule has 0 aliphatic carbocycles. The van der Waals surface area contributed by atoms with Gasteiger partial charge in [0.2, 0.25) is 0 Å². The summed E-state index contributed by atoms with van der Waals surface area (Å²) >= 11 is 0. The molecule has 0 bridgehead atoms. The van der Waals surface area contributed by atoms with Gasteiger partial charge >= 0.3 is 6.03 Å². The van der Waals surface area contributed by atoms with Crippen LogP contribution in [-0.2, 0) is 13.1 Å². The monoisotopic (exact) mass is 332 g/mol. The minimum Gasteiger partial charge on any atom is -0.496 e. The van der Waals surface area contributed by atoms with Crippen LogP contribution in [0.1, 0.15) is 18.1 Å². The molecule has 0 aromatic heterocycles. The zero-order valence-corrected chi connectivity index (χ0v) is 13.8. The minimum atomic E-state index is -0.439. The molecule has 0 spiro atoms. The van der Waals surface area contributed by atoms with E-state index in [1.54, 1.807) is 26.2 Å². The number of benzene rings is 2. The molecule has 2 amide bonds. The summed E-state index contributed by atoms with van der Waals surface area (Å²) < 4.78 is 24.1. The van der Waals surface area contributed by atoms with Gasteiger partial charge in [-0.2, -0.15) is 0 Å². The Morgan fingerprint density at radius 1 is 1.08 bits per heavy atom. The largest absolute Gasteiger partial charge is 0.496 e. The molecule has 128 valence electrons. The number of carbonyl (C=O) groups is 1. The highest BCUT2D eigenvalue weighted by Gasteiger charge is 2.07. The van der Waals surface area contributed by atoms with Crippen LogP contribution in [0.15, 0.2) is 42.5 Å². The Hall–Kier alpha value is -2.76. The quantitative estimate of drug-likeness (QED) is 0.818. The van der Waals surface area contributed by atoms with Gasteiger partial charge < -0.3 is 20.1 Å². The Morgan fingerprint density at radius 3 is 2.54 bits per heavy atom. The van der Waals surface area contributed by atoms with Crippen LogP contribution in [-0.4, -0.2) is 19.7 Å². The van der Waals surface area contributed by atoms with Crippen LogP contribution in [0.4, 0.5) is 9.18 Å². The molecule has 0 saturated carbocycles. The van der Waals surface area contributed by atoms with Gasteiger partial charge in [-0.05, 0) is 30.7 Å². The van der Waals surface area contributed by atoms with Gasteiger partial charge in [0, 0.05) is 18.7 Å². The first-order valence-electron chi connectivity index (χ1n) is 7.68. The van der Waals surface area contributed by atoms with E-state index in [2.05, 4.69) is 10.6 Å². The maximum Gasteiger partial charge on any atom is 0.315 e. The predicted octanol–water partition coefficient (Wildman–Crippen LogP) is 3.23. The number of urea groups is 1. The zero-order valence-electron chi connectivity index (χ0n) is 13.8. The molecule has 2 N–H and O–H groups in total. The van der Waals surface area contributed by atoms with Crippen LogP contribution in [0.5, 0.6) is 11.5 Å². The van der Waals surface area contributed by atoms with Gasteiger partial charge in [0.1, 0.15) is 5.75 Å². The van der Waals surface area contributed by atoms with E-state index in [0.29, 0.717) is 24.5 Å². The van der Waals surface area contributed by atoms with Crippen molar-refractivity contribution in [2.45, 2.75) is 20.0 Å². The average Bonchev–Trinajstić information content (AvgIpc) is 2.60. The molecule has 0 fully saturated rings. The van der Waals surface area contributed by atoms with E-state index in [9.17, 15) is 9.18 Å². The number of ether oxygens (including phenoxy) is 2. The lowest BCUT2D eigenvalue weighted by molar-refractivity contribution is 0.240. The van der Waals surface area contributed by atoms with E-state index in [-0.39, 0.29) is 18.3 Å². The molecule has 0 radical (unpaired) electrons. The van der Waals surface area contributed by atoms with Gasteiger partial charge in [0.15, 0.2) is 11.6 Å². The Kier molecular flexibility index (Phi) is 6.42. The van der Waals surface area contributed by atoms with Crippen molar-refractivity contribution in [1.29, 1.82) is 0 Å². The van der Waals surface area contributed by atoms with E-state index in [0.717, 1.165) is 5.56 Å². The Balaban J connectivity index is 1.84. The predicted molar refractivity (Wildman–Crippen MR) is 89.6 cm³/mol. The number of amides is 2. The number of hydrogen-bond acceptors (Lipinski definition) is 3. The van der Waals surface area contributed by atoms with Gasteiger partial charge in [-0.25, -0.2) is 9.18 Å². The molecule has 0 saturated heterocycles. The number of rotatable bonds is 7. The first kappa shape index (κ1) is 17.6. The molecule has 6 heteroatoms. The fourth-order valence-corrected chi connectivity index (χ4v) is 2.20. The second-order valence-electron chi connectivity index (χ2n) is 5.05. The molecule has 5 nitrogen and oxygen atoms in total. The smallest absolute Gasteiger partial charge is 0.315 e. The first-order valence-corrected chi connectivity index (χ1v) is 7.68. The summed E-state index contributed by atoms with van der Waals surface area (Å²) in [7, 11) is 1.58. The third-order valence-corrected chi connectivity index (χ3v) is 3.38. The van der Waals surface area contributed by atoms with Crippen molar-refractivity contribution >= 4 is 6.03 Å². The van der Waals surface area contributed by atoms with Crippen LogP contribution in [0.3, 0.4) is 0 Å². The second-order valence-corrected chi connectivity index (χ2v) is 5.05. The summed E-state index contributed by atoms with van der Waals surface area (Å²) in [6.07, 6.45) is 0. The van der Waals surface area contributed by atoms with Crippen LogP contribution >= 0.6 is 0 Å². The van der Waals surface area contributed by atoms with E-state index < -0.39 is 5.82 Å². The lowest BCUT2D eigenvalue weighted by atomic mass is 10.2. The highest BCUT2D eigenvalue weighted by Crippen LogP contribution is 2.18. The topological polar surface area (TPSA) is 59.6 Å². The number of para-hydroxylation sites is 1. The number of carbonyl (C=O) groups excluding carboxylic acids is 1. The molecule has 24 heavy (non-hydrogen) atoms. The SMILES string of the molecule is CCOc1ccc(CNC(=O)NCc2ccccc2OC)cc1F. The highest BCUT2D eigenvalue weighted by atomic mass is 19.1. The van der Waals surface area contributed by atoms with E-state index in [1.165, 1.54) is 6.07 Å². The molecule has 0 aliphatic heterocycles. The first-order chi connectivity index (χ1) is 11.6. The second kappa shape index (κ2) is 8.76. The van der Waals surface area contributed by atoms with Gasteiger partial charge in [0.25, 0.3) is 0 Å². The summed E-state index contributed by atoms with van der Waals surface area (Å²) in [5, 5.41) is 5.43. The molecule has 0 aliphatic rings. The summed E-state index contributed by atoms with van der Waals surface area (Å²) in [6.45, 7) is 2.76. The van der Waals surface area contributed by atoms with Gasteiger partial charge in [0.05, 0.1) is 13.7 Å². The molecular formula is C18H21FN2O3. The Labute approximate surface area is 140 Å². The molecule has 2 aromatic carbocycles. The third-order valence-electron chi connectivity index (χ3n) is 3.38. The van der Waals surface area contributed by atoms with Crippen molar-refractivity contribution in [2.75, 3.05) is 13.7 Å². The third kappa shape index (κ3) is 4.87. The standard InChI is InChI=1S/C18H21FN2O3/c1-3-24-17-9-8-13(10-15(17)19)11-20-18(22)21-12-14-6-4-5-7-16(14)23-2/h4-10H,3,11-12H2,1-2H3,(H2,20,21,22). The fourth-order valence-electron chi connectivity index (χ4n) is 2.20. The van der Waals surface area contributed by atoms with Crippen LogP contribution < -0.4 is 20.1 Å². The van der Waals surface area contributed by atoms with Crippen molar-refractivity contribution in [3.05, 3.63) is 59.4 Å². The fraction of sp³-hybridized carbons (Fsp3) is 0.278. The molecule has 0 unspecified atom stereocenters. The van der Waals surface area contributed by atoms with Crippen molar-refractivity contribution in [3.63, 3.8) is 0 Å². The maximum absolute atomic E-state index is 13.7. The van der Waals surface area contributed by atoms with Crippen LogP contribution in [0.2, 0.25) is 0 Å². The molecule has 0 heterocycles. The summed E-state index contributed by atoms with van der Waals surface area (Å²) in [5.74, 6) is 0.485. The summed E-state index contributed by atoms with van der Waals surface area (Å²) in [6, 6.07) is 11.7. The van der Waals surface area contributed by atoms with E-state index in [1.807, 2.05) is 24.3 Å². The minimum absolute atomic E-state index is 0.210. The lowest BCUT2D eigenvalue weighted by Gasteiger charge is -2.11. The molecule has 2 rings (SSSR count). The number of halogens is 1. The molecule has 2 aromatic rings. The van der Waals surface area contributed by atoms with E-state index in [4.69, 9.17) is 9.47 Å². The summed E-state index contributed by atoms with van der Waals surface area (Å²) in [5.41, 5.74) is 1.53. The van der Waals surface area contributed by atoms with Crippen molar-refractivity contribution in [1.82, 2.24) is 10.6 Å². The number of methoxy groups -OCH3 is 1. The average molecular weight is 332 g/mol. The number of hydrogen-bond donors (Lipinski definition) is 2. The molecule has 0 atom stereocenters. The highest BCUT2D eigenvalue weighted by molar-refractivity contribution is 5.73. The normalized spacial score (nSPS) is 10.1. The summed E-state index contributed by atoms with van der Waals surface area (Å²) in [4.78, 5) is 11.9. The van der Waals surface area contributed by atoms with Gasteiger partial charge in [-0.3, -0.25) is 0 Å². The van der Waals surface area contributed by atoms with Crippen LogP contribution in [0, 0.1) is 5.82 Å². The zero-order chi connectivity index (χ0) is 17.4. The maximum atomic E-state index is 13.7.